The highest BCUT2D eigenvalue weighted by molar-refractivity contribution is 7.16. The first-order valence-corrected chi connectivity index (χ1v) is 6.68. The fourth-order valence-corrected chi connectivity index (χ4v) is 2.75. The molecule has 0 bridgehead atoms. The summed E-state index contributed by atoms with van der Waals surface area (Å²) >= 11 is 1.63. The van der Waals surface area contributed by atoms with Crippen molar-refractivity contribution in [2.75, 3.05) is 0 Å². The Hall–Kier alpha value is -2.27. The lowest BCUT2D eigenvalue weighted by molar-refractivity contribution is 0.889. The monoisotopic (exact) mass is 268 g/mol. The molecule has 3 rings (SSSR count). The van der Waals surface area contributed by atoms with Gasteiger partial charge in [0.15, 0.2) is 0 Å². The number of hydrogen-bond acceptors (Lipinski definition) is 4. The minimum atomic E-state index is 0.881. The second-order valence-electron chi connectivity index (χ2n) is 4.04. The molecule has 4 nitrogen and oxygen atoms in total. The number of aryl methyl sites for hydroxylation is 1. The van der Waals surface area contributed by atoms with Crippen LogP contribution in [0.3, 0.4) is 0 Å². The van der Waals surface area contributed by atoms with Gasteiger partial charge in [0, 0.05) is 19.4 Å². The molecule has 0 unspecified atom stereocenters. The van der Waals surface area contributed by atoms with Gasteiger partial charge in [0.25, 0.3) is 0 Å². The Morgan fingerprint density at radius 2 is 1.95 bits per heavy atom. The third-order valence-electron chi connectivity index (χ3n) is 2.77. The highest BCUT2D eigenvalue weighted by Crippen LogP contribution is 2.14. The number of rotatable bonds is 2. The fourth-order valence-electron chi connectivity index (χ4n) is 1.77. The molecular weight excluding hydrogens is 256 g/mol. The molecule has 1 aromatic carbocycles. The van der Waals surface area contributed by atoms with Crippen LogP contribution in [0.25, 0.3) is 10.2 Å². The second-order valence-corrected chi connectivity index (χ2v) is 5.05. The van der Waals surface area contributed by atoms with Crippen molar-refractivity contribution in [3.8, 4) is 0 Å². The summed E-state index contributed by atoms with van der Waals surface area (Å²) in [6.07, 6.45) is 5.20. The Kier molecular flexibility index (Phi) is 3.20. The lowest BCUT2D eigenvalue weighted by Gasteiger charge is -1.92. The van der Waals surface area contributed by atoms with E-state index in [0.717, 1.165) is 10.4 Å². The minimum Gasteiger partial charge on any atom is -0.318 e. The molecule has 3 aromatic rings. The number of pyridine rings is 1. The Morgan fingerprint density at radius 1 is 1.16 bits per heavy atom. The molecule has 5 heteroatoms. The van der Waals surface area contributed by atoms with E-state index in [4.69, 9.17) is 0 Å². The van der Waals surface area contributed by atoms with Crippen LogP contribution in [-0.2, 0) is 7.05 Å². The average molecular weight is 268 g/mol. The van der Waals surface area contributed by atoms with Crippen LogP contribution in [0.4, 0.5) is 0 Å². The Morgan fingerprint density at radius 3 is 2.74 bits per heavy atom. The summed E-state index contributed by atoms with van der Waals surface area (Å²) in [7, 11) is 2.00. The predicted molar refractivity (Wildman–Crippen MR) is 78.2 cm³/mol. The molecule has 19 heavy (non-hydrogen) atoms. The number of para-hydroxylation sites is 1. The van der Waals surface area contributed by atoms with Crippen LogP contribution in [0, 0.1) is 0 Å². The first-order valence-electron chi connectivity index (χ1n) is 5.86. The number of fused-ring (bicyclic) bond motifs is 1. The summed E-state index contributed by atoms with van der Waals surface area (Å²) < 4.78 is 3.26. The molecule has 0 fully saturated rings. The van der Waals surface area contributed by atoms with Crippen molar-refractivity contribution in [3.63, 3.8) is 0 Å². The quantitative estimate of drug-likeness (QED) is 0.520. The maximum absolute atomic E-state index is 4.27. The first kappa shape index (κ1) is 11.8. The van der Waals surface area contributed by atoms with E-state index in [9.17, 15) is 0 Å². The molecule has 2 aromatic heterocycles. The topological polar surface area (TPSA) is 42.5 Å². The minimum absolute atomic E-state index is 0.881. The predicted octanol–water partition coefficient (Wildman–Crippen LogP) is 2.57. The van der Waals surface area contributed by atoms with Crippen LogP contribution >= 0.6 is 11.3 Å². The molecule has 0 saturated carbocycles. The molecule has 0 saturated heterocycles. The summed E-state index contributed by atoms with van der Waals surface area (Å²) in [6.45, 7) is 0. The summed E-state index contributed by atoms with van der Waals surface area (Å²) in [6, 6.07) is 12.0. The molecule has 0 radical (unpaired) electrons. The summed E-state index contributed by atoms with van der Waals surface area (Å²) in [5.41, 5.74) is 2.16. The van der Waals surface area contributed by atoms with Crippen molar-refractivity contribution in [2.45, 2.75) is 0 Å². The van der Waals surface area contributed by atoms with Gasteiger partial charge < -0.3 is 4.57 Å². The van der Waals surface area contributed by atoms with Crippen molar-refractivity contribution >= 4 is 27.8 Å². The van der Waals surface area contributed by atoms with Crippen LogP contribution in [0.15, 0.2) is 59.0 Å². The maximum atomic E-state index is 4.27. The van der Waals surface area contributed by atoms with Gasteiger partial charge in [-0.15, -0.1) is 5.10 Å². The van der Waals surface area contributed by atoms with Crippen LogP contribution in [0.1, 0.15) is 5.56 Å². The molecule has 0 amide bonds. The molecule has 0 aliphatic heterocycles. The van der Waals surface area contributed by atoms with Crippen molar-refractivity contribution in [2.24, 2.45) is 17.3 Å². The zero-order chi connectivity index (χ0) is 13.1. The van der Waals surface area contributed by atoms with Crippen molar-refractivity contribution in [1.29, 1.82) is 0 Å². The maximum Gasteiger partial charge on any atom is 0.211 e. The molecule has 0 N–H and O–H groups in total. The van der Waals surface area contributed by atoms with Crippen LogP contribution in [0.2, 0.25) is 0 Å². The summed E-state index contributed by atoms with van der Waals surface area (Å²) in [5.74, 6) is 0. The summed E-state index contributed by atoms with van der Waals surface area (Å²) in [5, 5.41) is 8.40. The van der Waals surface area contributed by atoms with Crippen LogP contribution in [0.5, 0.6) is 0 Å². The van der Waals surface area contributed by atoms with Gasteiger partial charge in [-0.2, -0.15) is 5.10 Å². The molecule has 94 valence electrons. The van der Waals surface area contributed by atoms with E-state index in [-0.39, 0.29) is 0 Å². The number of aromatic nitrogens is 2. The molecule has 0 spiro atoms. The number of thiazole rings is 1. The zero-order valence-corrected chi connectivity index (χ0v) is 11.2. The van der Waals surface area contributed by atoms with E-state index in [0.29, 0.717) is 0 Å². The van der Waals surface area contributed by atoms with E-state index < -0.39 is 0 Å². The second kappa shape index (κ2) is 5.16. The van der Waals surface area contributed by atoms with E-state index >= 15 is 0 Å². The van der Waals surface area contributed by atoms with Gasteiger partial charge in [-0.25, -0.2) is 0 Å². The van der Waals surface area contributed by atoms with Crippen LogP contribution in [-0.4, -0.2) is 15.8 Å². The van der Waals surface area contributed by atoms with E-state index in [1.165, 1.54) is 10.2 Å². The lowest BCUT2D eigenvalue weighted by atomic mass is 10.3. The van der Waals surface area contributed by atoms with Gasteiger partial charge in [-0.3, -0.25) is 4.98 Å². The van der Waals surface area contributed by atoms with Crippen molar-refractivity contribution in [1.82, 2.24) is 9.55 Å². The third kappa shape index (κ3) is 2.46. The molecule has 0 atom stereocenters. The Labute approximate surface area is 114 Å². The zero-order valence-electron chi connectivity index (χ0n) is 10.4. The van der Waals surface area contributed by atoms with E-state index in [1.807, 2.05) is 35.9 Å². The highest BCUT2D eigenvalue weighted by Gasteiger charge is 2.00. The van der Waals surface area contributed by atoms with Gasteiger partial charge >= 0.3 is 0 Å². The summed E-state index contributed by atoms with van der Waals surface area (Å²) in [4.78, 5) is 4.84. The fraction of sp³-hybridized carbons (Fsp3) is 0.0714. The van der Waals surface area contributed by atoms with E-state index in [1.54, 1.807) is 29.9 Å². The largest absolute Gasteiger partial charge is 0.318 e. The normalized spacial score (nSPS) is 12.6. The third-order valence-corrected chi connectivity index (χ3v) is 3.87. The van der Waals surface area contributed by atoms with Gasteiger partial charge in [-0.1, -0.05) is 23.5 Å². The Balaban J connectivity index is 1.98. The first-order chi connectivity index (χ1) is 9.34. The standard InChI is InChI=1S/C14H12N4S/c1-18-12-4-2-3-5-13(12)19-14(18)17-16-10-11-6-8-15-9-7-11/h2-10H,1H3/b16-10?,17-14+. The van der Waals surface area contributed by atoms with Crippen molar-refractivity contribution < 1.29 is 0 Å². The lowest BCUT2D eigenvalue weighted by Crippen LogP contribution is -2.08. The van der Waals surface area contributed by atoms with Gasteiger partial charge in [0.1, 0.15) is 0 Å². The van der Waals surface area contributed by atoms with Gasteiger partial charge in [0.2, 0.25) is 4.80 Å². The molecular formula is C14H12N4S. The number of hydrogen-bond donors (Lipinski definition) is 0. The van der Waals surface area contributed by atoms with Gasteiger partial charge in [0.05, 0.1) is 16.4 Å². The van der Waals surface area contributed by atoms with Crippen molar-refractivity contribution in [3.05, 3.63) is 59.2 Å². The molecule has 0 aliphatic rings. The van der Waals surface area contributed by atoms with E-state index in [2.05, 4.69) is 27.3 Å². The number of benzene rings is 1. The Bertz CT molecular complexity index is 784. The smallest absolute Gasteiger partial charge is 0.211 e. The van der Waals surface area contributed by atoms with Crippen LogP contribution < -0.4 is 4.80 Å². The highest BCUT2D eigenvalue weighted by atomic mass is 32.1. The SMILES string of the molecule is Cn1/c(=N\N=Cc2ccncc2)sc2ccccc21. The molecule has 0 aliphatic carbocycles. The average Bonchev–Trinajstić information content (AvgIpc) is 2.78. The molecule has 2 heterocycles. The number of nitrogens with zero attached hydrogens (tertiary/aromatic N) is 4. The van der Waals surface area contributed by atoms with Gasteiger partial charge in [-0.05, 0) is 29.8 Å².